The molecule has 3 aromatic rings. The smallest absolute Gasteiger partial charge is 0.265 e. The van der Waals surface area contributed by atoms with E-state index in [1.54, 1.807) is 17.3 Å². The molecule has 0 spiro atoms. The maximum atomic E-state index is 12.3. The van der Waals surface area contributed by atoms with Crippen molar-refractivity contribution in [1.29, 1.82) is 0 Å². The fraction of sp³-hybridized carbons (Fsp3) is 0.273. The van der Waals surface area contributed by atoms with Gasteiger partial charge in [-0.3, -0.25) is 9.78 Å². The highest BCUT2D eigenvalue weighted by Gasteiger charge is 2.24. The zero-order chi connectivity index (χ0) is 20.1. The average Bonchev–Trinajstić information content (AvgIpc) is 2.78. The number of nitrogens with one attached hydrogen (secondary N) is 1. The third-order valence-corrected chi connectivity index (χ3v) is 4.75. The Bertz CT molecular complexity index is 994. The molecule has 7 nitrogen and oxygen atoms in total. The Balaban J connectivity index is 1.41. The van der Waals surface area contributed by atoms with E-state index in [0.29, 0.717) is 18.9 Å². The number of pyridine rings is 1. The number of rotatable bonds is 7. The second-order valence-corrected chi connectivity index (χ2v) is 6.74. The topological polar surface area (TPSA) is 80.2 Å². The molecule has 1 aromatic carbocycles. The summed E-state index contributed by atoms with van der Waals surface area (Å²) in [6, 6.07) is 13.4. The first-order valence-electron chi connectivity index (χ1n) is 9.79. The number of hydrogen-bond acceptors (Lipinski definition) is 6. The molecular weight excluding hydrogens is 366 g/mol. The number of carbonyl (C=O) groups excluding carboxylic acids is 1. The highest BCUT2D eigenvalue weighted by molar-refractivity contribution is 5.97. The molecule has 29 heavy (non-hydrogen) atoms. The van der Waals surface area contributed by atoms with Gasteiger partial charge in [-0.1, -0.05) is 19.1 Å². The molecule has 1 N–H and O–H groups in total. The van der Waals surface area contributed by atoms with E-state index in [4.69, 9.17) is 4.74 Å². The molecule has 3 heterocycles. The van der Waals surface area contributed by atoms with Crippen molar-refractivity contribution < 1.29 is 9.53 Å². The number of nitrogens with zero attached hydrogens (tertiary/aromatic N) is 4. The Morgan fingerprint density at radius 3 is 2.79 bits per heavy atom. The van der Waals surface area contributed by atoms with E-state index in [0.717, 1.165) is 41.4 Å². The summed E-state index contributed by atoms with van der Waals surface area (Å²) >= 11 is 0. The number of anilines is 2. The van der Waals surface area contributed by atoms with Crippen LogP contribution in [0.25, 0.3) is 11.4 Å². The van der Waals surface area contributed by atoms with Crippen molar-refractivity contribution in [3.8, 4) is 17.1 Å². The number of aryl methyl sites for hydroxylation is 1. The quantitative estimate of drug-likeness (QED) is 0.625. The summed E-state index contributed by atoms with van der Waals surface area (Å²) in [6.45, 7) is 3.48. The van der Waals surface area contributed by atoms with Crippen LogP contribution in [0.2, 0.25) is 0 Å². The van der Waals surface area contributed by atoms with Crippen LogP contribution in [0.1, 0.15) is 19.0 Å². The first kappa shape index (κ1) is 18.9. The number of benzene rings is 1. The molecule has 0 radical (unpaired) electrons. The standard InChI is InChI=1S/C22H23N5O2/c1-2-17-14-20(26-22(25-17)16-8-11-23-12-9-16)24-10-5-13-27-18-6-3-4-7-19(18)29-15-21(27)28/h3-4,6-9,11-12,14H,2,5,10,13,15H2,1H3,(H,24,25,26). The number of hydrogen-bond donors (Lipinski definition) is 1. The van der Waals surface area contributed by atoms with E-state index in [1.807, 2.05) is 42.5 Å². The van der Waals surface area contributed by atoms with Gasteiger partial charge in [0.25, 0.3) is 5.91 Å². The summed E-state index contributed by atoms with van der Waals surface area (Å²) < 4.78 is 5.49. The maximum absolute atomic E-state index is 12.3. The van der Waals surface area contributed by atoms with Gasteiger partial charge in [0.1, 0.15) is 11.6 Å². The normalized spacial score (nSPS) is 13.0. The van der Waals surface area contributed by atoms with Crippen LogP contribution in [-0.2, 0) is 11.2 Å². The lowest BCUT2D eigenvalue weighted by Crippen LogP contribution is -2.39. The highest BCUT2D eigenvalue weighted by atomic mass is 16.5. The molecule has 0 unspecified atom stereocenters. The van der Waals surface area contributed by atoms with E-state index in [2.05, 4.69) is 27.2 Å². The van der Waals surface area contributed by atoms with Gasteiger partial charge >= 0.3 is 0 Å². The number of para-hydroxylation sites is 2. The second-order valence-electron chi connectivity index (χ2n) is 6.74. The Labute approximate surface area is 169 Å². The fourth-order valence-corrected chi connectivity index (χ4v) is 3.25. The molecule has 2 aromatic heterocycles. The van der Waals surface area contributed by atoms with Gasteiger partial charge in [0.15, 0.2) is 12.4 Å². The van der Waals surface area contributed by atoms with Crippen molar-refractivity contribution in [2.24, 2.45) is 0 Å². The van der Waals surface area contributed by atoms with Crippen LogP contribution in [0, 0.1) is 0 Å². The lowest BCUT2D eigenvalue weighted by molar-refractivity contribution is -0.121. The Morgan fingerprint density at radius 2 is 1.97 bits per heavy atom. The molecule has 7 heteroatoms. The monoisotopic (exact) mass is 389 g/mol. The molecule has 0 saturated heterocycles. The van der Waals surface area contributed by atoms with Crippen LogP contribution in [0.4, 0.5) is 11.5 Å². The van der Waals surface area contributed by atoms with E-state index in [-0.39, 0.29) is 12.5 Å². The predicted molar refractivity (Wildman–Crippen MR) is 112 cm³/mol. The summed E-state index contributed by atoms with van der Waals surface area (Å²) in [5.41, 5.74) is 2.75. The minimum Gasteiger partial charge on any atom is -0.482 e. The Hall–Kier alpha value is -3.48. The summed E-state index contributed by atoms with van der Waals surface area (Å²) in [4.78, 5) is 27.4. The lowest BCUT2D eigenvalue weighted by Gasteiger charge is -2.29. The number of carbonyl (C=O) groups is 1. The van der Waals surface area contributed by atoms with Crippen molar-refractivity contribution in [3.05, 3.63) is 60.6 Å². The molecule has 0 saturated carbocycles. The lowest BCUT2D eigenvalue weighted by atomic mass is 10.2. The fourth-order valence-electron chi connectivity index (χ4n) is 3.25. The van der Waals surface area contributed by atoms with E-state index >= 15 is 0 Å². The first-order valence-corrected chi connectivity index (χ1v) is 9.79. The number of amides is 1. The van der Waals surface area contributed by atoms with Crippen molar-refractivity contribution in [2.75, 3.05) is 29.9 Å². The average molecular weight is 389 g/mol. The van der Waals surface area contributed by atoms with Gasteiger partial charge in [-0.05, 0) is 37.1 Å². The van der Waals surface area contributed by atoms with Crippen LogP contribution >= 0.6 is 0 Å². The van der Waals surface area contributed by atoms with Gasteiger partial charge < -0.3 is 15.0 Å². The second kappa shape index (κ2) is 8.68. The first-order chi connectivity index (χ1) is 14.2. The molecule has 1 amide bonds. The number of ether oxygens (including phenoxy) is 1. The van der Waals surface area contributed by atoms with E-state index in [1.165, 1.54) is 0 Å². The molecule has 1 aliphatic heterocycles. The SMILES string of the molecule is CCc1cc(NCCCN2C(=O)COc3ccccc32)nc(-c2ccncc2)n1. The molecule has 0 aliphatic carbocycles. The Morgan fingerprint density at radius 1 is 1.14 bits per heavy atom. The van der Waals surface area contributed by atoms with Gasteiger partial charge in [0.05, 0.1) is 5.69 Å². The third-order valence-electron chi connectivity index (χ3n) is 4.75. The molecule has 0 fully saturated rings. The van der Waals surface area contributed by atoms with Crippen molar-refractivity contribution in [2.45, 2.75) is 19.8 Å². The predicted octanol–water partition coefficient (Wildman–Crippen LogP) is 3.33. The van der Waals surface area contributed by atoms with Crippen molar-refractivity contribution in [1.82, 2.24) is 15.0 Å². The summed E-state index contributed by atoms with van der Waals surface area (Å²) in [5.74, 6) is 2.22. The number of fused-ring (bicyclic) bond motifs is 1. The molecule has 4 rings (SSSR count). The molecule has 0 atom stereocenters. The maximum Gasteiger partial charge on any atom is 0.265 e. The Kier molecular flexibility index (Phi) is 5.65. The number of aromatic nitrogens is 3. The van der Waals surface area contributed by atoms with Gasteiger partial charge in [-0.2, -0.15) is 0 Å². The highest BCUT2D eigenvalue weighted by Crippen LogP contribution is 2.31. The van der Waals surface area contributed by atoms with Crippen LogP contribution < -0.4 is 15.0 Å². The van der Waals surface area contributed by atoms with Crippen LogP contribution in [-0.4, -0.2) is 40.6 Å². The minimum atomic E-state index is -0.0148. The summed E-state index contributed by atoms with van der Waals surface area (Å²) in [7, 11) is 0. The third kappa shape index (κ3) is 4.34. The summed E-state index contributed by atoms with van der Waals surface area (Å²) in [5, 5.41) is 3.37. The summed E-state index contributed by atoms with van der Waals surface area (Å²) in [6.07, 6.45) is 5.09. The van der Waals surface area contributed by atoms with E-state index < -0.39 is 0 Å². The molecule has 1 aliphatic rings. The minimum absolute atomic E-state index is 0.0148. The van der Waals surface area contributed by atoms with Crippen molar-refractivity contribution >= 4 is 17.4 Å². The largest absolute Gasteiger partial charge is 0.482 e. The van der Waals surface area contributed by atoms with Gasteiger partial charge in [-0.15, -0.1) is 0 Å². The van der Waals surface area contributed by atoms with Crippen LogP contribution in [0.15, 0.2) is 54.9 Å². The van der Waals surface area contributed by atoms with Crippen molar-refractivity contribution in [3.63, 3.8) is 0 Å². The van der Waals surface area contributed by atoms with Crippen LogP contribution in [0.3, 0.4) is 0 Å². The molecule has 0 bridgehead atoms. The van der Waals surface area contributed by atoms with Gasteiger partial charge in [-0.25, -0.2) is 9.97 Å². The van der Waals surface area contributed by atoms with Gasteiger partial charge in [0.2, 0.25) is 0 Å². The molecular formula is C22H23N5O2. The van der Waals surface area contributed by atoms with E-state index in [9.17, 15) is 4.79 Å². The van der Waals surface area contributed by atoms with Crippen LogP contribution in [0.5, 0.6) is 5.75 Å². The van der Waals surface area contributed by atoms with Gasteiger partial charge in [0, 0.05) is 42.8 Å². The molecule has 148 valence electrons. The zero-order valence-corrected chi connectivity index (χ0v) is 16.3. The zero-order valence-electron chi connectivity index (χ0n) is 16.3.